The predicted molar refractivity (Wildman–Crippen MR) is 65.0 cm³/mol. The molecule has 0 aliphatic carbocycles. The lowest BCUT2D eigenvalue weighted by molar-refractivity contribution is 0.733. The third-order valence-electron chi connectivity index (χ3n) is 2.83. The SMILES string of the molecule is CC1=Nc2cc(I)ccc2C1(C)C. The van der Waals surface area contributed by atoms with Crippen LogP contribution in [0.2, 0.25) is 0 Å². The lowest BCUT2D eigenvalue weighted by Crippen LogP contribution is -2.22. The Morgan fingerprint density at radius 2 is 2.00 bits per heavy atom. The number of hydrogen-bond acceptors (Lipinski definition) is 1. The average Bonchev–Trinajstić information content (AvgIpc) is 2.23. The van der Waals surface area contributed by atoms with Gasteiger partial charge in [0.15, 0.2) is 0 Å². The van der Waals surface area contributed by atoms with E-state index in [1.807, 2.05) is 0 Å². The summed E-state index contributed by atoms with van der Waals surface area (Å²) in [5.41, 5.74) is 3.84. The van der Waals surface area contributed by atoms with Crippen LogP contribution in [0.5, 0.6) is 0 Å². The van der Waals surface area contributed by atoms with Gasteiger partial charge in [-0.05, 0) is 47.2 Å². The summed E-state index contributed by atoms with van der Waals surface area (Å²) >= 11 is 2.32. The van der Waals surface area contributed by atoms with Crippen molar-refractivity contribution in [1.82, 2.24) is 0 Å². The lowest BCUT2D eigenvalue weighted by Gasteiger charge is -2.19. The van der Waals surface area contributed by atoms with E-state index < -0.39 is 0 Å². The molecule has 0 aromatic heterocycles. The van der Waals surface area contributed by atoms with Gasteiger partial charge >= 0.3 is 0 Å². The maximum atomic E-state index is 4.58. The van der Waals surface area contributed by atoms with Crippen LogP contribution in [0.4, 0.5) is 5.69 Å². The molecule has 0 amide bonds. The Morgan fingerprint density at radius 3 is 2.69 bits per heavy atom. The fourth-order valence-electron chi connectivity index (χ4n) is 1.64. The Labute approximate surface area is 92.4 Å². The zero-order chi connectivity index (χ0) is 9.64. The first-order valence-corrected chi connectivity index (χ1v) is 5.45. The highest BCUT2D eigenvalue weighted by Crippen LogP contribution is 2.40. The molecule has 13 heavy (non-hydrogen) atoms. The van der Waals surface area contributed by atoms with Gasteiger partial charge in [0.05, 0.1) is 5.69 Å². The van der Waals surface area contributed by atoms with Gasteiger partial charge in [0.25, 0.3) is 0 Å². The summed E-state index contributed by atoms with van der Waals surface area (Å²) < 4.78 is 1.26. The lowest BCUT2D eigenvalue weighted by atomic mass is 9.82. The van der Waals surface area contributed by atoms with E-state index >= 15 is 0 Å². The number of aliphatic imine (C=N–C) groups is 1. The summed E-state index contributed by atoms with van der Waals surface area (Å²) in [4.78, 5) is 4.58. The van der Waals surface area contributed by atoms with Crippen molar-refractivity contribution in [2.45, 2.75) is 26.2 Å². The Hall–Kier alpha value is -0.380. The van der Waals surface area contributed by atoms with Crippen molar-refractivity contribution in [3.63, 3.8) is 0 Å². The highest BCUT2D eigenvalue weighted by Gasteiger charge is 2.31. The molecular weight excluding hydrogens is 273 g/mol. The summed E-state index contributed by atoms with van der Waals surface area (Å²) in [6.45, 7) is 6.56. The van der Waals surface area contributed by atoms with Crippen molar-refractivity contribution in [2.75, 3.05) is 0 Å². The number of rotatable bonds is 0. The second-order valence-electron chi connectivity index (χ2n) is 3.98. The maximum absolute atomic E-state index is 4.58. The molecule has 1 aliphatic heterocycles. The zero-order valence-corrected chi connectivity index (χ0v) is 10.2. The molecule has 0 radical (unpaired) electrons. The minimum absolute atomic E-state index is 0.125. The number of nitrogens with zero attached hydrogens (tertiary/aromatic N) is 1. The molecular formula is C11H12IN. The van der Waals surface area contributed by atoms with E-state index in [2.05, 4.69) is 66.6 Å². The van der Waals surface area contributed by atoms with Gasteiger partial charge in [-0.25, -0.2) is 0 Å². The molecule has 0 saturated carbocycles. The summed E-state index contributed by atoms with van der Waals surface area (Å²) in [6.07, 6.45) is 0. The van der Waals surface area contributed by atoms with Crippen LogP contribution < -0.4 is 0 Å². The number of hydrogen-bond donors (Lipinski definition) is 0. The standard InChI is InChI=1S/C11H12IN/c1-7-11(2,3)9-5-4-8(12)6-10(9)13-7/h4-6H,1-3H3. The van der Waals surface area contributed by atoms with Crippen LogP contribution >= 0.6 is 22.6 Å². The quantitative estimate of drug-likeness (QED) is 0.645. The van der Waals surface area contributed by atoms with Crippen molar-refractivity contribution in [3.8, 4) is 0 Å². The summed E-state index contributed by atoms with van der Waals surface area (Å²) in [5.74, 6) is 0. The van der Waals surface area contributed by atoms with E-state index in [4.69, 9.17) is 0 Å². The molecule has 0 spiro atoms. The molecule has 0 N–H and O–H groups in total. The summed E-state index contributed by atoms with van der Waals surface area (Å²) in [6, 6.07) is 6.49. The molecule has 0 saturated heterocycles. The topological polar surface area (TPSA) is 12.4 Å². The van der Waals surface area contributed by atoms with Gasteiger partial charge in [-0.2, -0.15) is 0 Å². The van der Waals surface area contributed by atoms with E-state index in [1.54, 1.807) is 0 Å². The van der Waals surface area contributed by atoms with Crippen molar-refractivity contribution >= 4 is 34.0 Å². The second kappa shape index (κ2) is 2.80. The monoisotopic (exact) mass is 285 g/mol. The Morgan fingerprint density at radius 1 is 1.31 bits per heavy atom. The van der Waals surface area contributed by atoms with Crippen molar-refractivity contribution in [2.24, 2.45) is 4.99 Å². The van der Waals surface area contributed by atoms with Crippen LogP contribution in [0.1, 0.15) is 26.3 Å². The van der Waals surface area contributed by atoms with E-state index in [0.717, 1.165) is 5.69 Å². The van der Waals surface area contributed by atoms with Crippen LogP contribution in [0.15, 0.2) is 23.2 Å². The molecule has 2 rings (SSSR count). The molecule has 1 aromatic carbocycles. The van der Waals surface area contributed by atoms with E-state index in [-0.39, 0.29) is 5.41 Å². The molecule has 0 bridgehead atoms. The van der Waals surface area contributed by atoms with E-state index in [1.165, 1.54) is 14.8 Å². The van der Waals surface area contributed by atoms with E-state index in [9.17, 15) is 0 Å². The Kier molecular flexibility index (Phi) is 1.98. The van der Waals surface area contributed by atoms with Gasteiger partial charge in [-0.1, -0.05) is 19.9 Å². The third-order valence-corrected chi connectivity index (χ3v) is 3.50. The first-order valence-electron chi connectivity index (χ1n) is 4.37. The first kappa shape index (κ1) is 9.19. The second-order valence-corrected chi connectivity index (χ2v) is 5.23. The number of fused-ring (bicyclic) bond motifs is 1. The zero-order valence-electron chi connectivity index (χ0n) is 8.06. The van der Waals surface area contributed by atoms with Gasteiger partial charge in [-0.15, -0.1) is 0 Å². The van der Waals surface area contributed by atoms with Crippen LogP contribution in [0, 0.1) is 3.57 Å². The van der Waals surface area contributed by atoms with Gasteiger partial charge in [0, 0.05) is 14.7 Å². The highest BCUT2D eigenvalue weighted by atomic mass is 127. The summed E-state index contributed by atoms with van der Waals surface area (Å²) in [7, 11) is 0. The molecule has 0 atom stereocenters. The van der Waals surface area contributed by atoms with Crippen LogP contribution in [-0.2, 0) is 5.41 Å². The largest absolute Gasteiger partial charge is 0.257 e. The first-order chi connectivity index (χ1) is 6.01. The van der Waals surface area contributed by atoms with Gasteiger partial charge in [0.2, 0.25) is 0 Å². The Bertz CT molecular complexity index is 391. The molecule has 1 nitrogen and oxygen atoms in total. The van der Waals surface area contributed by atoms with Crippen molar-refractivity contribution < 1.29 is 0 Å². The van der Waals surface area contributed by atoms with Gasteiger partial charge < -0.3 is 0 Å². The maximum Gasteiger partial charge on any atom is 0.0681 e. The fraction of sp³-hybridized carbons (Fsp3) is 0.364. The van der Waals surface area contributed by atoms with Gasteiger partial charge in [-0.3, -0.25) is 4.99 Å². The Balaban J connectivity index is 2.65. The van der Waals surface area contributed by atoms with Crippen LogP contribution in [0.3, 0.4) is 0 Å². The minimum Gasteiger partial charge on any atom is -0.257 e. The third kappa shape index (κ3) is 1.31. The average molecular weight is 285 g/mol. The smallest absolute Gasteiger partial charge is 0.0681 e. The summed E-state index contributed by atoms with van der Waals surface area (Å²) in [5, 5.41) is 0. The predicted octanol–water partition coefficient (Wildman–Crippen LogP) is 3.67. The molecule has 1 heterocycles. The molecule has 1 aromatic rings. The van der Waals surface area contributed by atoms with Crippen LogP contribution in [-0.4, -0.2) is 5.71 Å². The normalized spacial score (nSPS) is 18.3. The minimum atomic E-state index is 0.125. The molecule has 1 aliphatic rings. The van der Waals surface area contributed by atoms with Crippen LogP contribution in [0.25, 0.3) is 0 Å². The van der Waals surface area contributed by atoms with Crippen molar-refractivity contribution in [1.29, 1.82) is 0 Å². The number of benzene rings is 1. The van der Waals surface area contributed by atoms with Gasteiger partial charge in [0.1, 0.15) is 0 Å². The van der Waals surface area contributed by atoms with E-state index in [0.29, 0.717) is 0 Å². The highest BCUT2D eigenvalue weighted by molar-refractivity contribution is 14.1. The van der Waals surface area contributed by atoms with Crippen molar-refractivity contribution in [3.05, 3.63) is 27.3 Å². The molecule has 2 heteroatoms. The molecule has 0 fully saturated rings. The molecule has 68 valence electrons. The molecule has 0 unspecified atom stereocenters. The number of halogens is 1. The fourth-order valence-corrected chi connectivity index (χ4v) is 2.12.